The van der Waals surface area contributed by atoms with Crippen LogP contribution in [0.25, 0.3) is 22.0 Å². The van der Waals surface area contributed by atoms with Crippen molar-refractivity contribution in [3.63, 3.8) is 0 Å². The molecule has 5 nitrogen and oxygen atoms in total. The van der Waals surface area contributed by atoms with Crippen molar-refractivity contribution < 1.29 is 4.74 Å². The van der Waals surface area contributed by atoms with Crippen molar-refractivity contribution in [3.8, 4) is 16.9 Å². The maximum Gasteiger partial charge on any atom is 0.138 e. The molecule has 4 rings (SSSR count). The molecular weight excluding hydrogens is 336 g/mol. The molecule has 27 heavy (non-hydrogen) atoms. The van der Waals surface area contributed by atoms with Gasteiger partial charge >= 0.3 is 0 Å². The standard InChI is InChI=1S/C22H22N4O/c1-15(23)14-27-19-10-18(12-24-13-19)17-7-8-21-20(11-17)22(26-25-21)9-16-5-3-2-4-6-16/h2-8,10-13,15H,9,14,23H2,1H3,(H,25,26)/t15-/m0/s1. The highest BCUT2D eigenvalue weighted by Crippen LogP contribution is 2.28. The molecule has 0 bridgehead atoms. The molecular formula is C22H22N4O. The Kier molecular flexibility index (Phi) is 4.85. The van der Waals surface area contributed by atoms with Gasteiger partial charge in [-0.2, -0.15) is 5.10 Å². The van der Waals surface area contributed by atoms with E-state index in [1.165, 1.54) is 5.56 Å². The summed E-state index contributed by atoms with van der Waals surface area (Å²) in [5.74, 6) is 0.724. The highest BCUT2D eigenvalue weighted by molar-refractivity contribution is 5.86. The second-order valence-electron chi connectivity index (χ2n) is 6.79. The van der Waals surface area contributed by atoms with Crippen LogP contribution in [0.5, 0.6) is 5.75 Å². The van der Waals surface area contributed by atoms with Crippen LogP contribution in [0.15, 0.2) is 67.0 Å². The number of pyridine rings is 1. The molecule has 0 saturated carbocycles. The SMILES string of the molecule is C[C@H](N)COc1cncc(-c2ccc3[nH]nc(Cc4ccccc4)c3c2)c1. The van der Waals surface area contributed by atoms with Gasteiger partial charge in [0.25, 0.3) is 0 Å². The van der Waals surface area contributed by atoms with E-state index in [-0.39, 0.29) is 6.04 Å². The number of aromatic nitrogens is 3. The van der Waals surface area contributed by atoms with Crippen LogP contribution in [0.3, 0.4) is 0 Å². The molecule has 2 aromatic carbocycles. The average molecular weight is 358 g/mol. The normalized spacial score (nSPS) is 12.2. The third-order valence-corrected chi connectivity index (χ3v) is 4.42. The van der Waals surface area contributed by atoms with Gasteiger partial charge in [0.15, 0.2) is 0 Å². The maximum absolute atomic E-state index is 5.76. The number of hydrogen-bond acceptors (Lipinski definition) is 4. The van der Waals surface area contributed by atoms with Crippen LogP contribution in [-0.4, -0.2) is 27.8 Å². The van der Waals surface area contributed by atoms with Crippen molar-refractivity contribution in [3.05, 3.63) is 78.2 Å². The van der Waals surface area contributed by atoms with Gasteiger partial charge in [0, 0.05) is 29.6 Å². The molecule has 0 amide bonds. The van der Waals surface area contributed by atoms with Gasteiger partial charge in [0.2, 0.25) is 0 Å². The number of nitrogens with zero attached hydrogens (tertiary/aromatic N) is 2. The van der Waals surface area contributed by atoms with Crippen molar-refractivity contribution in [1.29, 1.82) is 0 Å². The minimum Gasteiger partial charge on any atom is -0.490 e. The number of rotatable bonds is 6. The Morgan fingerprint density at radius 3 is 2.70 bits per heavy atom. The van der Waals surface area contributed by atoms with Crippen molar-refractivity contribution in [2.24, 2.45) is 5.73 Å². The maximum atomic E-state index is 5.76. The number of nitrogens with one attached hydrogen (secondary N) is 1. The third-order valence-electron chi connectivity index (χ3n) is 4.42. The fourth-order valence-corrected chi connectivity index (χ4v) is 3.06. The predicted molar refractivity (Wildman–Crippen MR) is 108 cm³/mol. The first kappa shape index (κ1) is 17.2. The quantitative estimate of drug-likeness (QED) is 0.547. The van der Waals surface area contributed by atoms with Crippen LogP contribution in [-0.2, 0) is 6.42 Å². The first-order valence-electron chi connectivity index (χ1n) is 9.04. The van der Waals surface area contributed by atoms with E-state index in [1.54, 1.807) is 6.20 Å². The molecule has 5 heteroatoms. The van der Waals surface area contributed by atoms with Crippen molar-refractivity contribution in [1.82, 2.24) is 15.2 Å². The monoisotopic (exact) mass is 358 g/mol. The fraction of sp³-hybridized carbons (Fsp3) is 0.182. The van der Waals surface area contributed by atoms with Gasteiger partial charge in [-0.3, -0.25) is 10.1 Å². The Morgan fingerprint density at radius 1 is 1.04 bits per heavy atom. The number of nitrogens with two attached hydrogens (primary N) is 1. The summed E-state index contributed by atoms with van der Waals surface area (Å²) in [6, 6.07) is 18.6. The molecule has 0 unspecified atom stereocenters. The average Bonchev–Trinajstić information content (AvgIpc) is 3.09. The van der Waals surface area contributed by atoms with Gasteiger partial charge in [0.1, 0.15) is 12.4 Å². The summed E-state index contributed by atoms with van der Waals surface area (Å²) in [6.07, 6.45) is 4.35. The van der Waals surface area contributed by atoms with Crippen LogP contribution in [0.1, 0.15) is 18.2 Å². The van der Waals surface area contributed by atoms with E-state index in [0.29, 0.717) is 6.61 Å². The van der Waals surface area contributed by atoms with E-state index in [1.807, 2.05) is 25.3 Å². The van der Waals surface area contributed by atoms with Crippen molar-refractivity contribution in [2.45, 2.75) is 19.4 Å². The van der Waals surface area contributed by atoms with E-state index >= 15 is 0 Å². The Hall–Kier alpha value is -3.18. The lowest BCUT2D eigenvalue weighted by Crippen LogP contribution is -2.23. The van der Waals surface area contributed by atoms with Crippen LogP contribution < -0.4 is 10.5 Å². The Bertz CT molecular complexity index is 1040. The largest absolute Gasteiger partial charge is 0.490 e. The molecule has 0 spiro atoms. The summed E-state index contributed by atoms with van der Waals surface area (Å²) in [4.78, 5) is 4.31. The first-order valence-corrected chi connectivity index (χ1v) is 9.04. The minimum absolute atomic E-state index is 0.0171. The molecule has 136 valence electrons. The number of H-pyrrole nitrogens is 1. The zero-order valence-corrected chi connectivity index (χ0v) is 15.2. The molecule has 1 atom stereocenters. The molecule has 0 radical (unpaired) electrons. The van der Waals surface area contributed by atoms with Gasteiger partial charge in [0.05, 0.1) is 17.4 Å². The Morgan fingerprint density at radius 2 is 1.89 bits per heavy atom. The van der Waals surface area contributed by atoms with Gasteiger partial charge in [-0.1, -0.05) is 36.4 Å². The van der Waals surface area contributed by atoms with Gasteiger partial charge in [-0.05, 0) is 36.2 Å². The second kappa shape index (κ2) is 7.60. The number of ether oxygens (including phenoxy) is 1. The summed E-state index contributed by atoms with van der Waals surface area (Å²) < 4.78 is 5.70. The Balaban J connectivity index is 1.65. The van der Waals surface area contributed by atoms with E-state index in [0.717, 1.165) is 39.9 Å². The summed E-state index contributed by atoms with van der Waals surface area (Å²) in [7, 11) is 0. The van der Waals surface area contributed by atoms with Gasteiger partial charge in [-0.25, -0.2) is 0 Å². The zero-order chi connectivity index (χ0) is 18.6. The molecule has 0 aliphatic heterocycles. The molecule has 0 saturated heterocycles. The smallest absolute Gasteiger partial charge is 0.138 e. The molecule has 2 aromatic heterocycles. The molecule has 3 N–H and O–H groups in total. The number of fused-ring (bicyclic) bond motifs is 1. The van der Waals surface area contributed by atoms with Gasteiger partial charge in [-0.15, -0.1) is 0 Å². The predicted octanol–water partition coefficient (Wildman–Crippen LogP) is 3.94. The summed E-state index contributed by atoms with van der Waals surface area (Å²) in [6.45, 7) is 2.38. The number of hydrogen-bond donors (Lipinski definition) is 2. The minimum atomic E-state index is -0.0171. The lowest BCUT2D eigenvalue weighted by Gasteiger charge is -2.10. The lowest BCUT2D eigenvalue weighted by atomic mass is 10.0. The summed E-state index contributed by atoms with van der Waals surface area (Å²) in [5.41, 5.74) is 11.2. The van der Waals surface area contributed by atoms with Crippen LogP contribution in [0, 0.1) is 0 Å². The van der Waals surface area contributed by atoms with Crippen LogP contribution in [0.2, 0.25) is 0 Å². The summed E-state index contributed by atoms with van der Waals surface area (Å²) >= 11 is 0. The fourth-order valence-electron chi connectivity index (χ4n) is 3.06. The molecule has 2 heterocycles. The third kappa shape index (κ3) is 3.99. The molecule has 0 aliphatic rings. The highest BCUT2D eigenvalue weighted by atomic mass is 16.5. The van der Waals surface area contributed by atoms with Crippen molar-refractivity contribution in [2.75, 3.05) is 6.61 Å². The molecule has 0 fully saturated rings. The van der Waals surface area contributed by atoms with E-state index in [4.69, 9.17) is 10.5 Å². The van der Waals surface area contributed by atoms with E-state index in [2.05, 4.69) is 57.6 Å². The van der Waals surface area contributed by atoms with Gasteiger partial charge < -0.3 is 10.5 Å². The first-order chi connectivity index (χ1) is 13.2. The van der Waals surface area contributed by atoms with Crippen molar-refractivity contribution >= 4 is 10.9 Å². The van der Waals surface area contributed by atoms with Crippen LogP contribution >= 0.6 is 0 Å². The molecule has 4 aromatic rings. The second-order valence-corrected chi connectivity index (χ2v) is 6.79. The van der Waals surface area contributed by atoms with Crippen LogP contribution in [0.4, 0.5) is 0 Å². The summed E-state index contributed by atoms with van der Waals surface area (Å²) in [5, 5.41) is 8.76. The highest BCUT2D eigenvalue weighted by Gasteiger charge is 2.09. The number of aromatic amines is 1. The lowest BCUT2D eigenvalue weighted by molar-refractivity contribution is 0.295. The zero-order valence-electron chi connectivity index (χ0n) is 15.2. The van der Waals surface area contributed by atoms with E-state index < -0.39 is 0 Å². The Labute approximate surface area is 158 Å². The number of benzene rings is 2. The topological polar surface area (TPSA) is 76.8 Å². The van der Waals surface area contributed by atoms with E-state index in [9.17, 15) is 0 Å². The molecule has 0 aliphatic carbocycles.